The van der Waals surface area contributed by atoms with Gasteiger partial charge >= 0.3 is 0 Å². The fourth-order valence-corrected chi connectivity index (χ4v) is 3.71. The summed E-state index contributed by atoms with van der Waals surface area (Å²) in [5, 5.41) is 29.7. The van der Waals surface area contributed by atoms with Gasteiger partial charge in [-0.05, 0) is 29.8 Å². The summed E-state index contributed by atoms with van der Waals surface area (Å²) in [6.45, 7) is 0. The molecule has 1 aliphatic heterocycles. The molecule has 23 heavy (non-hydrogen) atoms. The van der Waals surface area contributed by atoms with Crippen molar-refractivity contribution in [1.82, 2.24) is 4.98 Å². The van der Waals surface area contributed by atoms with E-state index < -0.39 is 23.7 Å². The molecule has 1 aromatic heterocycles. The van der Waals surface area contributed by atoms with Gasteiger partial charge in [0.15, 0.2) is 5.44 Å². The monoisotopic (exact) mass is 353 g/mol. The SMILES string of the molecule is O[C@@H]1[C@@H](O)[C@H](Oc2cccc(-c3cccnc3Cl)c2)SC[C@H]1O. The Morgan fingerprint density at radius 1 is 1.13 bits per heavy atom. The van der Waals surface area contributed by atoms with E-state index in [1.54, 1.807) is 24.4 Å². The Hall–Kier alpha value is -1.31. The Kier molecular flexibility index (Phi) is 5.08. The van der Waals surface area contributed by atoms with Gasteiger partial charge in [0.2, 0.25) is 0 Å². The average Bonchev–Trinajstić information content (AvgIpc) is 2.56. The van der Waals surface area contributed by atoms with Crippen LogP contribution < -0.4 is 4.74 Å². The highest BCUT2D eigenvalue weighted by Crippen LogP contribution is 2.32. The largest absolute Gasteiger partial charge is 0.477 e. The van der Waals surface area contributed by atoms with Crippen LogP contribution in [-0.2, 0) is 0 Å². The number of aliphatic hydroxyl groups excluding tert-OH is 3. The molecule has 3 N–H and O–H groups in total. The highest BCUT2D eigenvalue weighted by molar-refractivity contribution is 7.99. The minimum Gasteiger partial charge on any atom is -0.477 e. The van der Waals surface area contributed by atoms with Crippen LogP contribution in [0.1, 0.15) is 0 Å². The topological polar surface area (TPSA) is 82.8 Å². The summed E-state index contributed by atoms with van der Waals surface area (Å²) >= 11 is 7.37. The van der Waals surface area contributed by atoms with Crippen LogP contribution >= 0.6 is 23.4 Å². The fourth-order valence-electron chi connectivity index (χ4n) is 2.36. The molecule has 2 aromatic rings. The standard InChI is InChI=1S/C16H16ClNO4S/c17-15-11(5-2-6-18-15)9-3-1-4-10(7-9)22-16-14(21)13(20)12(19)8-23-16/h1-7,12-14,16,19-21H,8H2/t12-,13+,14-,16-/m1/s1. The zero-order valence-electron chi connectivity index (χ0n) is 12.0. The number of aromatic nitrogens is 1. The number of pyridine rings is 1. The molecule has 3 rings (SSSR count). The first kappa shape index (κ1) is 16.5. The Morgan fingerprint density at radius 2 is 1.96 bits per heavy atom. The maximum Gasteiger partial charge on any atom is 0.173 e. The summed E-state index contributed by atoms with van der Waals surface area (Å²) in [5.41, 5.74) is 0.983. The van der Waals surface area contributed by atoms with E-state index in [1.165, 1.54) is 11.8 Å². The second kappa shape index (κ2) is 7.07. The number of ether oxygens (including phenoxy) is 1. The highest BCUT2D eigenvalue weighted by atomic mass is 35.5. The van der Waals surface area contributed by atoms with Crippen LogP contribution in [0.4, 0.5) is 0 Å². The van der Waals surface area contributed by atoms with Gasteiger partial charge in [-0.2, -0.15) is 0 Å². The first-order valence-electron chi connectivity index (χ1n) is 7.09. The van der Waals surface area contributed by atoms with Crippen LogP contribution in [0.5, 0.6) is 5.75 Å². The van der Waals surface area contributed by atoms with Crippen LogP contribution in [-0.4, -0.2) is 49.8 Å². The molecule has 0 spiro atoms. The molecule has 1 aromatic carbocycles. The normalized spacial score (nSPS) is 27.7. The van der Waals surface area contributed by atoms with E-state index in [2.05, 4.69) is 4.98 Å². The van der Waals surface area contributed by atoms with Gasteiger partial charge in [-0.15, -0.1) is 11.8 Å². The minimum atomic E-state index is -1.21. The van der Waals surface area contributed by atoms with E-state index in [0.29, 0.717) is 16.7 Å². The van der Waals surface area contributed by atoms with E-state index in [0.717, 1.165) is 11.1 Å². The van der Waals surface area contributed by atoms with Crippen molar-refractivity contribution in [3.05, 3.63) is 47.7 Å². The third-order valence-corrected chi connectivity index (χ3v) is 5.15. The van der Waals surface area contributed by atoms with E-state index in [1.807, 2.05) is 18.2 Å². The summed E-state index contributed by atoms with van der Waals surface area (Å²) in [5.74, 6) is 0.847. The summed E-state index contributed by atoms with van der Waals surface area (Å²) in [6, 6.07) is 10.9. The number of nitrogens with zero attached hydrogens (tertiary/aromatic N) is 1. The first-order chi connectivity index (χ1) is 11.1. The number of rotatable bonds is 3. The molecule has 0 amide bonds. The van der Waals surface area contributed by atoms with Crippen molar-refractivity contribution in [2.45, 2.75) is 23.7 Å². The first-order valence-corrected chi connectivity index (χ1v) is 8.52. The summed E-state index contributed by atoms with van der Waals surface area (Å²) in [4.78, 5) is 4.05. The quantitative estimate of drug-likeness (QED) is 0.731. The molecule has 0 aliphatic carbocycles. The second-order valence-electron chi connectivity index (χ2n) is 5.24. The van der Waals surface area contributed by atoms with E-state index in [4.69, 9.17) is 16.3 Å². The molecule has 1 saturated heterocycles. The maximum absolute atomic E-state index is 10.0. The molecule has 5 nitrogen and oxygen atoms in total. The number of aliphatic hydroxyl groups is 3. The molecule has 1 aliphatic rings. The molecule has 0 radical (unpaired) electrons. The van der Waals surface area contributed by atoms with Crippen LogP contribution in [0, 0.1) is 0 Å². The highest BCUT2D eigenvalue weighted by Gasteiger charge is 2.38. The van der Waals surface area contributed by atoms with Crippen LogP contribution in [0.3, 0.4) is 0 Å². The lowest BCUT2D eigenvalue weighted by molar-refractivity contribution is -0.0786. The summed E-state index contributed by atoms with van der Waals surface area (Å²) < 4.78 is 5.77. The smallest absolute Gasteiger partial charge is 0.173 e. The Morgan fingerprint density at radius 3 is 2.74 bits per heavy atom. The van der Waals surface area contributed by atoms with Gasteiger partial charge < -0.3 is 20.1 Å². The third kappa shape index (κ3) is 3.62. The Labute approximate surface area is 142 Å². The van der Waals surface area contributed by atoms with Gasteiger partial charge in [-0.1, -0.05) is 23.7 Å². The zero-order chi connectivity index (χ0) is 16.4. The number of halogens is 1. The maximum atomic E-state index is 10.0. The van der Waals surface area contributed by atoms with Crippen molar-refractivity contribution in [3.8, 4) is 16.9 Å². The fraction of sp³-hybridized carbons (Fsp3) is 0.312. The van der Waals surface area contributed by atoms with Gasteiger partial charge in [-0.3, -0.25) is 0 Å². The van der Waals surface area contributed by atoms with E-state index in [-0.39, 0.29) is 0 Å². The zero-order valence-corrected chi connectivity index (χ0v) is 13.6. The molecular formula is C16H16ClNO4S. The predicted molar refractivity (Wildman–Crippen MR) is 89.6 cm³/mol. The van der Waals surface area contributed by atoms with E-state index >= 15 is 0 Å². The van der Waals surface area contributed by atoms with Gasteiger partial charge in [0, 0.05) is 17.5 Å². The van der Waals surface area contributed by atoms with Crippen molar-refractivity contribution in [2.75, 3.05) is 5.75 Å². The lowest BCUT2D eigenvalue weighted by Gasteiger charge is -2.34. The lowest BCUT2D eigenvalue weighted by atomic mass is 10.1. The minimum absolute atomic E-state index is 0.303. The molecule has 1 fully saturated rings. The average molecular weight is 354 g/mol. The molecule has 4 atom stereocenters. The van der Waals surface area contributed by atoms with Crippen molar-refractivity contribution < 1.29 is 20.1 Å². The molecule has 122 valence electrons. The molecule has 0 unspecified atom stereocenters. The van der Waals surface area contributed by atoms with Gasteiger partial charge in [0.05, 0.1) is 6.10 Å². The predicted octanol–water partition coefficient (Wildman–Crippen LogP) is 1.94. The number of hydrogen-bond donors (Lipinski definition) is 3. The third-order valence-electron chi connectivity index (χ3n) is 3.61. The van der Waals surface area contributed by atoms with Crippen molar-refractivity contribution in [2.24, 2.45) is 0 Å². The van der Waals surface area contributed by atoms with Crippen LogP contribution in [0.25, 0.3) is 11.1 Å². The van der Waals surface area contributed by atoms with Crippen LogP contribution in [0.2, 0.25) is 5.15 Å². The van der Waals surface area contributed by atoms with Gasteiger partial charge in [-0.25, -0.2) is 4.98 Å². The Bertz CT molecular complexity index is 687. The van der Waals surface area contributed by atoms with Crippen molar-refractivity contribution in [3.63, 3.8) is 0 Å². The van der Waals surface area contributed by atoms with Gasteiger partial charge in [0.25, 0.3) is 0 Å². The lowest BCUT2D eigenvalue weighted by Crippen LogP contribution is -2.50. The molecule has 7 heteroatoms. The van der Waals surface area contributed by atoms with Crippen molar-refractivity contribution in [1.29, 1.82) is 0 Å². The van der Waals surface area contributed by atoms with E-state index in [9.17, 15) is 15.3 Å². The van der Waals surface area contributed by atoms with Crippen LogP contribution in [0.15, 0.2) is 42.6 Å². The molecular weight excluding hydrogens is 338 g/mol. The summed E-state index contributed by atoms with van der Waals surface area (Å²) in [7, 11) is 0. The Balaban J connectivity index is 1.80. The molecule has 2 heterocycles. The summed E-state index contributed by atoms with van der Waals surface area (Å²) in [6.07, 6.45) is -1.70. The number of thioether (sulfide) groups is 1. The number of hydrogen-bond acceptors (Lipinski definition) is 6. The second-order valence-corrected chi connectivity index (χ2v) is 6.73. The number of benzene rings is 1. The van der Waals surface area contributed by atoms with Gasteiger partial charge in [0.1, 0.15) is 23.1 Å². The molecule has 0 bridgehead atoms. The molecule has 0 saturated carbocycles. The van der Waals surface area contributed by atoms with Crippen molar-refractivity contribution >= 4 is 23.4 Å².